The molecule has 4 rings (SSSR count). The molecular weight excluding hydrogens is 385 g/mol. The zero-order valence-electron chi connectivity index (χ0n) is 17.9. The van der Waals surface area contributed by atoms with E-state index in [9.17, 15) is 9.18 Å². The lowest BCUT2D eigenvalue weighted by Gasteiger charge is -2.42. The molecule has 1 aliphatic heterocycles. The van der Waals surface area contributed by atoms with E-state index in [4.69, 9.17) is 14.2 Å². The number of benzene rings is 1. The molecule has 0 unspecified atom stereocenters. The second kappa shape index (κ2) is 10.1. The maximum atomic E-state index is 14.6. The van der Waals surface area contributed by atoms with Gasteiger partial charge in [0.05, 0.1) is 18.8 Å². The Bertz CT molecular complexity index is 707. The molecule has 1 saturated heterocycles. The van der Waals surface area contributed by atoms with Gasteiger partial charge in [0.2, 0.25) is 0 Å². The molecule has 0 amide bonds. The quantitative estimate of drug-likeness (QED) is 0.605. The molecule has 2 saturated carbocycles. The fourth-order valence-electron chi connectivity index (χ4n) is 5.30. The van der Waals surface area contributed by atoms with Crippen molar-refractivity contribution in [2.45, 2.75) is 63.4 Å². The highest BCUT2D eigenvalue weighted by molar-refractivity contribution is 5.89. The highest BCUT2D eigenvalue weighted by Crippen LogP contribution is 2.45. The summed E-state index contributed by atoms with van der Waals surface area (Å²) in [6, 6.07) is 4.36. The van der Waals surface area contributed by atoms with Crippen molar-refractivity contribution in [3.8, 4) is 5.75 Å². The minimum Gasteiger partial charge on any atom is -0.484 e. The number of morpholine rings is 1. The van der Waals surface area contributed by atoms with Gasteiger partial charge in [0.15, 0.2) is 11.6 Å². The number of ether oxygens (including phenoxy) is 3. The van der Waals surface area contributed by atoms with Crippen LogP contribution in [0.15, 0.2) is 18.2 Å². The highest BCUT2D eigenvalue weighted by Gasteiger charge is 2.43. The van der Waals surface area contributed by atoms with E-state index in [2.05, 4.69) is 4.90 Å². The molecule has 3 aliphatic rings. The summed E-state index contributed by atoms with van der Waals surface area (Å²) in [5.41, 5.74) is 0.0693. The van der Waals surface area contributed by atoms with Gasteiger partial charge in [-0.15, -0.1) is 0 Å². The molecule has 5 nitrogen and oxygen atoms in total. The lowest BCUT2D eigenvalue weighted by atomic mass is 9.74. The highest BCUT2D eigenvalue weighted by atomic mass is 19.1. The fourth-order valence-corrected chi connectivity index (χ4v) is 5.30. The number of halogens is 1. The average Bonchev–Trinajstić information content (AvgIpc) is 3.32. The lowest BCUT2D eigenvalue weighted by molar-refractivity contribution is -0.0255. The molecule has 0 N–H and O–H groups in total. The first-order valence-electron chi connectivity index (χ1n) is 11.6. The van der Waals surface area contributed by atoms with Gasteiger partial charge in [0.1, 0.15) is 12.2 Å². The van der Waals surface area contributed by atoms with Gasteiger partial charge in [-0.3, -0.25) is 4.90 Å². The van der Waals surface area contributed by atoms with Crippen LogP contribution in [0.2, 0.25) is 0 Å². The molecule has 0 atom stereocenters. The van der Waals surface area contributed by atoms with E-state index in [1.54, 1.807) is 0 Å². The molecular formula is C24H34FNO4. The van der Waals surface area contributed by atoms with Gasteiger partial charge in [0, 0.05) is 19.6 Å². The first kappa shape index (κ1) is 21.6. The van der Waals surface area contributed by atoms with Crippen molar-refractivity contribution in [1.29, 1.82) is 0 Å². The zero-order valence-corrected chi connectivity index (χ0v) is 17.9. The van der Waals surface area contributed by atoms with E-state index in [-0.39, 0.29) is 11.4 Å². The molecule has 0 aromatic heterocycles. The summed E-state index contributed by atoms with van der Waals surface area (Å²) in [5, 5.41) is 0. The van der Waals surface area contributed by atoms with Crippen molar-refractivity contribution in [1.82, 2.24) is 4.90 Å². The topological polar surface area (TPSA) is 48.0 Å². The third-order valence-electron chi connectivity index (χ3n) is 7.02. The summed E-state index contributed by atoms with van der Waals surface area (Å²) in [7, 11) is 0. The summed E-state index contributed by atoms with van der Waals surface area (Å²) in [6.07, 6.45) is 10.2. The molecule has 0 spiro atoms. The summed E-state index contributed by atoms with van der Waals surface area (Å²) in [4.78, 5) is 14.7. The largest absolute Gasteiger partial charge is 0.484 e. The Balaban J connectivity index is 1.41. The van der Waals surface area contributed by atoms with Gasteiger partial charge in [-0.25, -0.2) is 9.18 Å². The van der Waals surface area contributed by atoms with E-state index in [0.717, 1.165) is 64.8 Å². The Kier molecular flexibility index (Phi) is 7.26. The van der Waals surface area contributed by atoms with Gasteiger partial charge in [-0.2, -0.15) is 0 Å². The standard InChI is InChI=1S/C24H34FNO4/c25-21-9-8-19(23(27)29-17-14-26-12-15-28-16-13-26)18-22(21)30-24(10-4-1-5-11-24)20-6-2-3-7-20/h8-9,18,20H,1-7,10-17H2. The van der Waals surface area contributed by atoms with Crippen LogP contribution in [-0.2, 0) is 9.47 Å². The van der Waals surface area contributed by atoms with Crippen LogP contribution in [0.1, 0.15) is 68.1 Å². The van der Waals surface area contributed by atoms with Gasteiger partial charge >= 0.3 is 5.97 Å². The monoisotopic (exact) mass is 419 g/mol. The first-order chi connectivity index (χ1) is 14.7. The van der Waals surface area contributed by atoms with Gasteiger partial charge in [-0.1, -0.05) is 19.3 Å². The third kappa shape index (κ3) is 5.14. The summed E-state index contributed by atoms with van der Waals surface area (Å²) >= 11 is 0. The normalized spacial score (nSPS) is 22.7. The second-order valence-corrected chi connectivity index (χ2v) is 8.94. The summed E-state index contributed by atoms with van der Waals surface area (Å²) in [6.45, 7) is 4.15. The number of rotatable bonds is 7. The molecule has 0 bridgehead atoms. The molecule has 166 valence electrons. The van der Waals surface area contributed by atoms with Crippen LogP contribution in [0.3, 0.4) is 0 Å². The second-order valence-electron chi connectivity index (χ2n) is 8.94. The molecule has 0 radical (unpaired) electrons. The van der Waals surface area contributed by atoms with Crippen LogP contribution >= 0.6 is 0 Å². The number of hydrogen-bond donors (Lipinski definition) is 0. The van der Waals surface area contributed by atoms with E-state index in [0.29, 0.717) is 24.6 Å². The van der Waals surface area contributed by atoms with Gasteiger partial charge in [-0.05, 0) is 62.6 Å². The zero-order chi connectivity index (χ0) is 20.8. The van der Waals surface area contributed by atoms with Crippen molar-refractivity contribution in [3.05, 3.63) is 29.6 Å². The third-order valence-corrected chi connectivity index (χ3v) is 7.02. The van der Waals surface area contributed by atoms with Crippen molar-refractivity contribution in [3.63, 3.8) is 0 Å². The Morgan fingerprint density at radius 1 is 1.10 bits per heavy atom. The van der Waals surface area contributed by atoms with Crippen LogP contribution in [0.25, 0.3) is 0 Å². The molecule has 1 aromatic rings. The number of nitrogens with zero attached hydrogens (tertiary/aromatic N) is 1. The molecule has 6 heteroatoms. The average molecular weight is 420 g/mol. The van der Waals surface area contributed by atoms with Crippen LogP contribution in [0.5, 0.6) is 5.75 Å². The van der Waals surface area contributed by atoms with Crippen LogP contribution in [0.4, 0.5) is 4.39 Å². The number of hydrogen-bond acceptors (Lipinski definition) is 5. The van der Waals surface area contributed by atoms with Crippen molar-refractivity contribution >= 4 is 5.97 Å². The Morgan fingerprint density at radius 3 is 2.57 bits per heavy atom. The number of carbonyl (C=O) groups excluding carboxylic acids is 1. The van der Waals surface area contributed by atoms with Crippen molar-refractivity contribution < 1.29 is 23.4 Å². The van der Waals surface area contributed by atoms with E-state index in [1.807, 2.05) is 0 Å². The van der Waals surface area contributed by atoms with Gasteiger partial charge < -0.3 is 14.2 Å². The van der Waals surface area contributed by atoms with Crippen LogP contribution in [-0.4, -0.2) is 55.9 Å². The minimum atomic E-state index is -0.424. The lowest BCUT2D eigenvalue weighted by Crippen LogP contribution is -2.44. The van der Waals surface area contributed by atoms with Crippen LogP contribution < -0.4 is 4.74 Å². The molecule has 2 aliphatic carbocycles. The predicted octanol–water partition coefficient (Wildman–Crippen LogP) is 4.59. The summed E-state index contributed by atoms with van der Waals surface area (Å²) < 4.78 is 31.9. The molecule has 1 aromatic carbocycles. The van der Waals surface area contributed by atoms with Gasteiger partial charge in [0.25, 0.3) is 0 Å². The Labute approximate surface area is 178 Å². The van der Waals surface area contributed by atoms with Crippen molar-refractivity contribution in [2.24, 2.45) is 5.92 Å². The van der Waals surface area contributed by atoms with Crippen LogP contribution in [0, 0.1) is 11.7 Å². The Hall–Kier alpha value is -1.66. The SMILES string of the molecule is O=C(OCCN1CCOCC1)c1ccc(F)c(OC2(C3CCCC3)CCCCC2)c1. The maximum absolute atomic E-state index is 14.6. The predicted molar refractivity (Wildman–Crippen MR) is 112 cm³/mol. The summed E-state index contributed by atoms with van der Waals surface area (Å²) in [5.74, 6) is -0.137. The molecule has 30 heavy (non-hydrogen) atoms. The first-order valence-corrected chi connectivity index (χ1v) is 11.6. The Morgan fingerprint density at radius 2 is 1.83 bits per heavy atom. The van der Waals surface area contributed by atoms with E-state index in [1.165, 1.54) is 37.5 Å². The maximum Gasteiger partial charge on any atom is 0.338 e. The van der Waals surface area contributed by atoms with Crippen molar-refractivity contribution in [2.75, 3.05) is 39.5 Å². The molecule has 1 heterocycles. The number of esters is 1. The minimum absolute atomic E-state index is 0.200. The fraction of sp³-hybridized carbons (Fsp3) is 0.708. The van der Waals surface area contributed by atoms with E-state index >= 15 is 0 Å². The van der Waals surface area contributed by atoms with E-state index < -0.39 is 11.8 Å². The number of carbonyl (C=O) groups is 1. The molecule has 3 fully saturated rings. The smallest absolute Gasteiger partial charge is 0.338 e.